The molecule has 5 heteroatoms. The van der Waals surface area contributed by atoms with Crippen LogP contribution < -0.4 is 10.6 Å². The zero-order valence-electron chi connectivity index (χ0n) is 17.4. The van der Waals surface area contributed by atoms with Crippen molar-refractivity contribution in [3.8, 4) is 0 Å². The Labute approximate surface area is 200 Å². The number of thiophene rings is 1. The van der Waals surface area contributed by atoms with Gasteiger partial charge < -0.3 is 10.6 Å². The molecule has 1 heterocycles. The van der Waals surface area contributed by atoms with E-state index in [-0.39, 0.29) is 11.9 Å². The van der Waals surface area contributed by atoms with Crippen LogP contribution in [0.4, 0.5) is 10.7 Å². The largest absolute Gasteiger partial charge is 0.374 e. The lowest BCUT2D eigenvalue weighted by atomic mass is 9.96. The van der Waals surface area contributed by atoms with Crippen molar-refractivity contribution in [1.82, 2.24) is 0 Å². The molecule has 0 saturated heterocycles. The van der Waals surface area contributed by atoms with Crippen molar-refractivity contribution >= 4 is 50.5 Å². The third kappa shape index (κ3) is 4.99. The van der Waals surface area contributed by atoms with Gasteiger partial charge >= 0.3 is 0 Å². The summed E-state index contributed by atoms with van der Waals surface area (Å²) in [6, 6.07) is 28.0. The van der Waals surface area contributed by atoms with E-state index in [0.717, 1.165) is 21.8 Å². The first-order chi connectivity index (χ1) is 15.0. The van der Waals surface area contributed by atoms with E-state index < -0.39 is 0 Å². The van der Waals surface area contributed by atoms with Gasteiger partial charge in [0.2, 0.25) is 0 Å². The number of halogens is 1. The van der Waals surface area contributed by atoms with Gasteiger partial charge in [0.1, 0.15) is 5.00 Å². The molecule has 3 aromatic carbocycles. The zero-order chi connectivity index (χ0) is 21.8. The number of anilines is 2. The van der Waals surface area contributed by atoms with E-state index in [2.05, 4.69) is 95.6 Å². The molecule has 0 aliphatic carbocycles. The van der Waals surface area contributed by atoms with Gasteiger partial charge in [0.15, 0.2) is 0 Å². The number of carbonyl (C=O) groups excluding carboxylic acids is 1. The highest BCUT2D eigenvalue weighted by Gasteiger charge is 2.24. The molecule has 31 heavy (non-hydrogen) atoms. The molecule has 0 aliphatic heterocycles. The quantitative estimate of drug-likeness (QED) is 0.251. The summed E-state index contributed by atoms with van der Waals surface area (Å²) >= 11 is 3.94. The molecule has 1 unspecified atom stereocenters. The molecule has 0 fully saturated rings. The molecule has 4 rings (SSSR count). The van der Waals surface area contributed by atoms with Gasteiger partial charge in [0.05, 0.1) is 6.04 Å². The molecule has 2 N–H and O–H groups in total. The summed E-state index contributed by atoms with van der Waals surface area (Å²) in [6.45, 7) is 4.24. The molecule has 156 valence electrons. The summed E-state index contributed by atoms with van der Waals surface area (Å²) in [5, 5.41) is 7.76. The van der Waals surface area contributed by atoms with E-state index in [0.29, 0.717) is 5.56 Å². The number of nitrogens with one attached hydrogen (secondary N) is 2. The van der Waals surface area contributed by atoms with Crippen LogP contribution in [0, 0.1) is 17.4 Å². The summed E-state index contributed by atoms with van der Waals surface area (Å²) in [6.07, 6.45) is 0. The highest BCUT2D eigenvalue weighted by atomic mass is 127. The van der Waals surface area contributed by atoms with E-state index in [4.69, 9.17) is 0 Å². The predicted octanol–water partition coefficient (Wildman–Crippen LogP) is 7.42. The predicted molar refractivity (Wildman–Crippen MR) is 139 cm³/mol. The minimum Gasteiger partial charge on any atom is -0.374 e. The van der Waals surface area contributed by atoms with Gasteiger partial charge in [0, 0.05) is 25.3 Å². The number of carbonyl (C=O) groups is 1. The first-order valence-electron chi connectivity index (χ1n) is 10.1. The normalized spacial score (nSPS) is 11.7. The second-order valence-electron chi connectivity index (χ2n) is 7.34. The van der Waals surface area contributed by atoms with Crippen LogP contribution in [0.3, 0.4) is 0 Å². The topological polar surface area (TPSA) is 41.1 Å². The number of aryl methyl sites for hydroxylation is 1. The molecular weight excluding hydrogens is 515 g/mol. The van der Waals surface area contributed by atoms with Crippen LogP contribution in [0.1, 0.15) is 38.0 Å². The number of benzene rings is 3. The smallest absolute Gasteiger partial charge is 0.256 e. The van der Waals surface area contributed by atoms with Crippen molar-refractivity contribution < 1.29 is 4.79 Å². The van der Waals surface area contributed by atoms with Crippen molar-refractivity contribution in [2.24, 2.45) is 0 Å². The minimum atomic E-state index is -0.0934. The van der Waals surface area contributed by atoms with Crippen molar-refractivity contribution in [3.05, 3.63) is 116 Å². The maximum absolute atomic E-state index is 12.9. The van der Waals surface area contributed by atoms with Gasteiger partial charge in [-0.2, -0.15) is 0 Å². The Morgan fingerprint density at radius 2 is 1.48 bits per heavy atom. The van der Waals surface area contributed by atoms with Crippen LogP contribution in [-0.4, -0.2) is 5.91 Å². The fraction of sp³-hybridized carbons (Fsp3) is 0.115. The Bertz CT molecular complexity index is 1170. The third-order valence-electron chi connectivity index (χ3n) is 5.27. The summed E-state index contributed by atoms with van der Waals surface area (Å²) in [5.74, 6) is -0.0934. The average molecular weight is 538 g/mol. The van der Waals surface area contributed by atoms with Crippen molar-refractivity contribution in [2.75, 3.05) is 10.6 Å². The van der Waals surface area contributed by atoms with Crippen LogP contribution in [0.15, 0.2) is 84.9 Å². The summed E-state index contributed by atoms with van der Waals surface area (Å²) in [7, 11) is 0. The van der Waals surface area contributed by atoms with Gasteiger partial charge in [0.25, 0.3) is 5.91 Å². The molecule has 3 nitrogen and oxygen atoms in total. The summed E-state index contributed by atoms with van der Waals surface area (Å²) in [4.78, 5) is 14.1. The molecule has 1 amide bonds. The van der Waals surface area contributed by atoms with Crippen LogP contribution in [-0.2, 0) is 0 Å². The van der Waals surface area contributed by atoms with Crippen LogP contribution in [0.25, 0.3) is 0 Å². The maximum atomic E-state index is 12.9. The van der Waals surface area contributed by atoms with Gasteiger partial charge in [-0.1, -0.05) is 48.5 Å². The fourth-order valence-electron chi connectivity index (χ4n) is 3.53. The van der Waals surface area contributed by atoms with Crippen molar-refractivity contribution in [2.45, 2.75) is 19.9 Å². The van der Waals surface area contributed by atoms with Crippen LogP contribution in [0.2, 0.25) is 0 Å². The summed E-state index contributed by atoms with van der Waals surface area (Å²) in [5.41, 5.74) is 5.14. The van der Waals surface area contributed by atoms with Crippen molar-refractivity contribution in [3.63, 3.8) is 0 Å². The summed E-state index contributed by atoms with van der Waals surface area (Å²) < 4.78 is 1.19. The Balaban J connectivity index is 1.75. The Morgan fingerprint density at radius 3 is 2.13 bits per heavy atom. The second kappa shape index (κ2) is 9.66. The lowest BCUT2D eigenvalue weighted by molar-refractivity contribution is 0.102. The molecular formula is C26H23IN2OS. The van der Waals surface area contributed by atoms with Crippen LogP contribution >= 0.6 is 33.9 Å². The minimum absolute atomic E-state index is 0.0858. The molecule has 0 aliphatic rings. The standard InChI is InChI=1S/C26H23IN2OS/c1-17-18(2)31-26(29-25(30)20-11-7-4-8-12-20)23(17)24(19-9-5-3-6-10-19)28-22-15-13-21(27)14-16-22/h3-16,24,28H,1-2H3,(H,29,30). The van der Waals surface area contributed by atoms with Gasteiger partial charge in [-0.05, 0) is 84.0 Å². The Kier molecular flexibility index (Phi) is 6.73. The van der Waals surface area contributed by atoms with E-state index in [1.807, 2.05) is 36.4 Å². The molecule has 1 atom stereocenters. The lowest BCUT2D eigenvalue weighted by Crippen LogP contribution is -2.17. The highest BCUT2D eigenvalue weighted by Crippen LogP contribution is 2.41. The first-order valence-corrected chi connectivity index (χ1v) is 12.0. The lowest BCUT2D eigenvalue weighted by Gasteiger charge is -2.23. The van der Waals surface area contributed by atoms with E-state index in [9.17, 15) is 4.79 Å². The van der Waals surface area contributed by atoms with Gasteiger partial charge in [-0.3, -0.25) is 4.79 Å². The molecule has 0 radical (unpaired) electrons. The van der Waals surface area contributed by atoms with E-state index in [1.54, 1.807) is 11.3 Å². The molecule has 4 aromatic rings. The highest BCUT2D eigenvalue weighted by molar-refractivity contribution is 14.1. The second-order valence-corrected chi connectivity index (χ2v) is 9.81. The van der Waals surface area contributed by atoms with Gasteiger partial charge in [-0.25, -0.2) is 0 Å². The molecule has 0 spiro atoms. The number of amides is 1. The van der Waals surface area contributed by atoms with E-state index >= 15 is 0 Å². The first kappa shape index (κ1) is 21.6. The van der Waals surface area contributed by atoms with Gasteiger partial charge in [-0.15, -0.1) is 11.3 Å². The number of hydrogen-bond donors (Lipinski definition) is 2. The molecule has 0 saturated carbocycles. The Morgan fingerprint density at radius 1 is 0.871 bits per heavy atom. The number of rotatable bonds is 6. The fourth-order valence-corrected chi connectivity index (χ4v) is 4.98. The zero-order valence-corrected chi connectivity index (χ0v) is 20.3. The number of hydrogen-bond acceptors (Lipinski definition) is 3. The third-order valence-corrected chi connectivity index (χ3v) is 7.13. The average Bonchev–Trinajstić information content (AvgIpc) is 3.07. The molecule has 1 aromatic heterocycles. The van der Waals surface area contributed by atoms with Crippen molar-refractivity contribution in [1.29, 1.82) is 0 Å². The SMILES string of the molecule is Cc1sc(NC(=O)c2ccccc2)c(C(Nc2ccc(I)cc2)c2ccccc2)c1C. The monoisotopic (exact) mass is 538 g/mol. The van der Waals surface area contributed by atoms with Crippen LogP contribution in [0.5, 0.6) is 0 Å². The Hall–Kier alpha value is -2.64. The van der Waals surface area contributed by atoms with E-state index in [1.165, 1.54) is 14.0 Å². The molecule has 0 bridgehead atoms. The maximum Gasteiger partial charge on any atom is 0.256 e.